The molecule has 2 aromatic rings. The molecule has 1 fully saturated rings. The minimum absolute atomic E-state index is 0.0372. The quantitative estimate of drug-likeness (QED) is 0.764. The van der Waals surface area contributed by atoms with E-state index in [2.05, 4.69) is 15.0 Å². The molecule has 3 N–H and O–H groups in total. The largest absolute Gasteiger partial charge is 0.465 e. The van der Waals surface area contributed by atoms with Gasteiger partial charge >= 0.3 is 5.97 Å². The number of carbonyl (C=O) groups excluding carboxylic acids is 1. The van der Waals surface area contributed by atoms with Crippen LogP contribution in [0.2, 0.25) is 0 Å². The summed E-state index contributed by atoms with van der Waals surface area (Å²) < 4.78 is 7.44. The molecule has 3 rings (SSSR count). The number of H-pyrrole nitrogens is 1. The summed E-state index contributed by atoms with van der Waals surface area (Å²) >= 11 is 0. The number of aryl methyl sites for hydroxylation is 1. The van der Waals surface area contributed by atoms with Crippen molar-refractivity contribution in [3.63, 3.8) is 0 Å². The first-order valence-electron chi connectivity index (χ1n) is 7.98. The third-order valence-electron chi connectivity index (χ3n) is 4.94. The lowest BCUT2D eigenvalue weighted by Gasteiger charge is -2.29. The van der Waals surface area contributed by atoms with Crippen molar-refractivity contribution in [3.05, 3.63) is 35.9 Å². The van der Waals surface area contributed by atoms with E-state index in [1.54, 1.807) is 12.7 Å². The van der Waals surface area contributed by atoms with Crippen molar-refractivity contribution in [2.24, 2.45) is 18.7 Å². The maximum absolute atomic E-state index is 12.7. The predicted molar refractivity (Wildman–Crippen MR) is 84.7 cm³/mol. The number of imidazole rings is 2. The van der Waals surface area contributed by atoms with Crippen molar-refractivity contribution < 1.29 is 9.53 Å². The molecule has 0 aromatic carbocycles. The van der Waals surface area contributed by atoms with E-state index in [1.165, 1.54) is 0 Å². The van der Waals surface area contributed by atoms with E-state index in [-0.39, 0.29) is 11.9 Å². The SMILES string of the molecule is CC[C@]1(c2nc[nH]c2CCN)C(=O)OC[C@@H]1Cc1cncn1C. The Balaban J connectivity index is 2.00. The molecule has 1 aliphatic heterocycles. The number of aromatic amines is 1. The highest BCUT2D eigenvalue weighted by Crippen LogP contribution is 2.43. The standard InChI is InChI=1S/C16H23N5O2/c1-3-16(14-13(4-5-17)19-9-20-14)11(8-23-15(16)22)6-12-7-18-10-21(12)2/h7,9-11H,3-6,8,17H2,1-2H3,(H,19,20)/t11-,16-/m0/s1. The van der Waals surface area contributed by atoms with E-state index >= 15 is 0 Å². The van der Waals surface area contributed by atoms with Crippen LogP contribution in [-0.4, -0.2) is 38.6 Å². The summed E-state index contributed by atoms with van der Waals surface area (Å²) in [5, 5.41) is 0. The highest BCUT2D eigenvalue weighted by atomic mass is 16.5. The first-order valence-corrected chi connectivity index (χ1v) is 7.98. The van der Waals surface area contributed by atoms with Gasteiger partial charge in [-0.25, -0.2) is 9.97 Å². The number of ether oxygens (including phenoxy) is 1. The molecule has 0 spiro atoms. The number of hydrogen-bond acceptors (Lipinski definition) is 5. The van der Waals surface area contributed by atoms with Gasteiger partial charge in [-0.1, -0.05) is 6.92 Å². The minimum atomic E-state index is -0.714. The summed E-state index contributed by atoms with van der Waals surface area (Å²) in [6, 6.07) is 0. The third-order valence-corrected chi connectivity index (χ3v) is 4.94. The number of nitrogens with zero attached hydrogens (tertiary/aromatic N) is 3. The number of rotatable bonds is 6. The van der Waals surface area contributed by atoms with Crippen LogP contribution in [-0.2, 0) is 34.8 Å². The summed E-state index contributed by atoms with van der Waals surface area (Å²) in [5.41, 5.74) is 7.79. The number of nitrogens with two attached hydrogens (primary N) is 1. The zero-order chi connectivity index (χ0) is 16.4. The van der Waals surface area contributed by atoms with Crippen molar-refractivity contribution in [1.29, 1.82) is 0 Å². The second kappa shape index (κ2) is 6.16. The normalized spacial score (nSPS) is 24.1. The van der Waals surface area contributed by atoms with Crippen molar-refractivity contribution in [1.82, 2.24) is 19.5 Å². The van der Waals surface area contributed by atoms with Gasteiger partial charge < -0.3 is 20.0 Å². The van der Waals surface area contributed by atoms with Crippen LogP contribution in [0.25, 0.3) is 0 Å². The highest BCUT2D eigenvalue weighted by molar-refractivity contribution is 5.85. The molecule has 1 saturated heterocycles. The van der Waals surface area contributed by atoms with Gasteiger partial charge in [-0.05, 0) is 19.4 Å². The molecule has 1 aliphatic rings. The first kappa shape index (κ1) is 15.7. The summed E-state index contributed by atoms with van der Waals surface area (Å²) in [6.07, 6.45) is 7.30. The average molecular weight is 317 g/mol. The van der Waals surface area contributed by atoms with E-state index in [9.17, 15) is 4.79 Å². The number of cyclic esters (lactones) is 1. The van der Waals surface area contributed by atoms with Gasteiger partial charge in [0.1, 0.15) is 5.41 Å². The number of aromatic nitrogens is 4. The zero-order valence-electron chi connectivity index (χ0n) is 13.6. The van der Waals surface area contributed by atoms with E-state index in [0.29, 0.717) is 26.0 Å². The first-order chi connectivity index (χ1) is 11.1. The average Bonchev–Trinajstić information content (AvgIpc) is 3.23. The molecule has 0 radical (unpaired) electrons. The molecule has 0 aliphatic carbocycles. The van der Waals surface area contributed by atoms with Gasteiger partial charge in [-0.2, -0.15) is 0 Å². The van der Waals surface area contributed by atoms with Crippen LogP contribution >= 0.6 is 0 Å². The third kappa shape index (κ3) is 2.45. The van der Waals surface area contributed by atoms with Crippen LogP contribution in [0.1, 0.15) is 30.4 Å². The molecule has 23 heavy (non-hydrogen) atoms. The summed E-state index contributed by atoms with van der Waals surface area (Å²) in [5.74, 6) is -0.146. The Bertz CT molecular complexity index is 692. The lowest BCUT2D eigenvalue weighted by molar-refractivity contribution is -0.143. The van der Waals surface area contributed by atoms with E-state index < -0.39 is 5.41 Å². The minimum Gasteiger partial charge on any atom is -0.465 e. The maximum Gasteiger partial charge on any atom is 0.318 e. The summed E-state index contributed by atoms with van der Waals surface area (Å²) in [6.45, 7) is 2.94. The van der Waals surface area contributed by atoms with Crippen LogP contribution in [0.3, 0.4) is 0 Å². The Morgan fingerprint density at radius 2 is 2.39 bits per heavy atom. The Labute approximate surface area is 135 Å². The molecule has 124 valence electrons. The number of esters is 1. The lowest BCUT2D eigenvalue weighted by Crippen LogP contribution is -2.40. The van der Waals surface area contributed by atoms with Crippen molar-refractivity contribution >= 4 is 5.97 Å². The van der Waals surface area contributed by atoms with E-state index in [4.69, 9.17) is 10.5 Å². The molecule has 0 unspecified atom stereocenters. The van der Waals surface area contributed by atoms with Gasteiger partial charge in [0, 0.05) is 37.0 Å². The van der Waals surface area contributed by atoms with Crippen LogP contribution in [0.4, 0.5) is 0 Å². The molecule has 7 heteroatoms. The van der Waals surface area contributed by atoms with Gasteiger partial charge in [0.25, 0.3) is 0 Å². The van der Waals surface area contributed by atoms with Crippen LogP contribution in [0.15, 0.2) is 18.9 Å². The van der Waals surface area contributed by atoms with Gasteiger partial charge in [0.15, 0.2) is 0 Å². The Kier molecular flexibility index (Phi) is 4.21. The van der Waals surface area contributed by atoms with Gasteiger partial charge in [-0.3, -0.25) is 4.79 Å². The molecule has 2 atom stereocenters. The maximum atomic E-state index is 12.7. The molecule has 0 saturated carbocycles. The fourth-order valence-corrected chi connectivity index (χ4v) is 3.61. The zero-order valence-corrected chi connectivity index (χ0v) is 13.6. The highest BCUT2D eigenvalue weighted by Gasteiger charge is 2.54. The van der Waals surface area contributed by atoms with Gasteiger partial charge in [0.05, 0.1) is 25.0 Å². The van der Waals surface area contributed by atoms with E-state index in [0.717, 1.165) is 23.5 Å². The van der Waals surface area contributed by atoms with Crippen LogP contribution in [0.5, 0.6) is 0 Å². The van der Waals surface area contributed by atoms with Crippen molar-refractivity contribution in [3.8, 4) is 0 Å². The Morgan fingerprint density at radius 1 is 1.57 bits per heavy atom. The summed E-state index contributed by atoms with van der Waals surface area (Å²) in [4.78, 5) is 24.5. The molecule has 7 nitrogen and oxygen atoms in total. The van der Waals surface area contributed by atoms with Crippen LogP contribution in [0, 0.1) is 5.92 Å². The van der Waals surface area contributed by atoms with Gasteiger partial charge in [-0.15, -0.1) is 0 Å². The second-order valence-electron chi connectivity index (χ2n) is 6.09. The smallest absolute Gasteiger partial charge is 0.318 e. The molecular weight excluding hydrogens is 294 g/mol. The second-order valence-corrected chi connectivity index (χ2v) is 6.09. The molecular formula is C16H23N5O2. The number of hydrogen-bond donors (Lipinski definition) is 2. The van der Waals surface area contributed by atoms with E-state index in [1.807, 2.05) is 24.7 Å². The van der Waals surface area contributed by atoms with Crippen LogP contribution < -0.4 is 5.73 Å². The lowest BCUT2D eigenvalue weighted by atomic mass is 9.70. The fraction of sp³-hybridized carbons (Fsp3) is 0.562. The Morgan fingerprint density at radius 3 is 3.04 bits per heavy atom. The number of nitrogens with one attached hydrogen (secondary N) is 1. The number of carbonyl (C=O) groups is 1. The molecule has 2 aromatic heterocycles. The van der Waals surface area contributed by atoms with Gasteiger partial charge in [0.2, 0.25) is 0 Å². The Hall–Kier alpha value is -2.15. The van der Waals surface area contributed by atoms with Crippen molar-refractivity contribution in [2.75, 3.05) is 13.2 Å². The fourth-order valence-electron chi connectivity index (χ4n) is 3.61. The molecule has 3 heterocycles. The topological polar surface area (TPSA) is 98.8 Å². The monoisotopic (exact) mass is 317 g/mol. The molecule has 0 amide bonds. The molecule has 0 bridgehead atoms. The predicted octanol–water partition coefficient (Wildman–Crippen LogP) is 0.708. The van der Waals surface area contributed by atoms with Crippen molar-refractivity contribution in [2.45, 2.75) is 31.6 Å². The summed E-state index contributed by atoms with van der Waals surface area (Å²) in [7, 11) is 1.96.